The van der Waals surface area contributed by atoms with Gasteiger partial charge in [0.2, 0.25) is 10.0 Å². The van der Waals surface area contributed by atoms with Gasteiger partial charge in [0.05, 0.1) is 4.90 Å². The number of carbonyl (C=O) groups excluding carboxylic acids is 1. The van der Waals surface area contributed by atoms with Crippen LogP contribution in [0.15, 0.2) is 83.8 Å². The summed E-state index contributed by atoms with van der Waals surface area (Å²) in [7, 11) is -4.07. The Kier molecular flexibility index (Phi) is 7.46. The van der Waals surface area contributed by atoms with Crippen LogP contribution < -0.4 is 5.48 Å². The first-order valence-electron chi connectivity index (χ1n) is 9.62. The molecule has 0 bridgehead atoms. The van der Waals surface area contributed by atoms with Crippen LogP contribution in [0.5, 0.6) is 0 Å². The first-order chi connectivity index (χ1) is 14.8. The molecule has 0 aliphatic rings. The van der Waals surface area contributed by atoms with Gasteiger partial charge in [0, 0.05) is 11.6 Å². The number of sulfonamides is 1. The Balaban J connectivity index is 2.08. The molecule has 8 heteroatoms. The summed E-state index contributed by atoms with van der Waals surface area (Å²) in [6.45, 7) is 1.79. The number of halogens is 1. The first kappa shape index (κ1) is 23.0. The second-order valence-corrected chi connectivity index (χ2v) is 9.50. The van der Waals surface area contributed by atoms with Gasteiger partial charge in [-0.2, -0.15) is 4.31 Å². The lowest BCUT2D eigenvalue weighted by Gasteiger charge is -2.30. The zero-order chi connectivity index (χ0) is 22.4. The van der Waals surface area contributed by atoms with Crippen molar-refractivity contribution in [3.8, 4) is 0 Å². The fourth-order valence-corrected chi connectivity index (χ4v) is 4.92. The molecular formula is C23H23ClN2O4S. The minimum atomic E-state index is -4.07. The van der Waals surface area contributed by atoms with Crippen molar-refractivity contribution in [2.75, 3.05) is 0 Å². The molecular weight excluding hydrogens is 436 g/mol. The van der Waals surface area contributed by atoms with Crippen LogP contribution in [0.1, 0.15) is 16.7 Å². The Morgan fingerprint density at radius 1 is 0.968 bits per heavy atom. The van der Waals surface area contributed by atoms with Crippen molar-refractivity contribution in [2.45, 2.75) is 30.8 Å². The molecule has 0 saturated carbocycles. The van der Waals surface area contributed by atoms with Crippen molar-refractivity contribution < 1.29 is 18.4 Å². The van der Waals surface area contributed by atoms with E-state index in [1.54, 1.807) is 66.1 Å². The normalized spacial score (nSPS) is 12.5. The summed E-state index contributed by atoms with van der Waals surface area (Å²) in [5.41, 5.74) is 3.96. The number of benzene rings is 3. The standard InChI is InChI=1S/C23H23ClN2O4S/c1-17-7-13-21(14-8-17)31(29,30)26(16-19-9-11-20(24)12-10-19)22(23(27)25-28)15-18-5-3-2-4-6-18/h2-14,22,28H,15-16H2,1H3,(H,25,27)/t22-/m0/s1. The highest BCUT2D eigenvalue weighted by Crippen LogP contribution is 2.24. The van der Waals surface area contributed by atoms with Crippen LogP contribution in [0.25, 0.3) is 0 Å². The number of nitrogens with one attached hydrogen (secondary N) is 1. The lowest BCUT2D eigenvalue weighted by molar-refractivity contribution is -0.133. The van der Waals surface area contributed by atoms with E-state index in [0.717, 1.165) is 15.4 Å². The smallest absolute Gasteiger partial charge is 0.262 e. The summed E-state index contributed by atoms with van der Waals surface area (Å²) >= 11 is 5.96. The number of hydrogen-bond acceptors (Lipinski definition) is 4. The lowest BCUT2D eigenvalue weighted by Crippen LogP contribution is -2.49. The van der Waals surface area contributed by atoms with Gasteiger partial charge in [-0.25, -0.2) is 13.9 Å². The number of nitrogens with zero attached hydrogens (tertiary/aromatic N) is 1. The van der Waals surface area contributed by atoms with Gasteiger partial charge in [0.1, 0.15) is 6.04 Å². The average Bonchev–Trinajstić information content (AvgIpc) is 2.77. The molecule has 0 unspecified atom stereocenters. The Morgan fingerprint density at radius 3 is 2.16 bits per heavy atom. The Morgan fingerprint density at radius 2 is 1.58 bits per heavy atom. The third-order valence-electron chi connectivity index (χ3n) is 4.91. The van der Waals surface area contributed by atoms with E-state index in [-0.39, 0.29) is 17.9 Å². The predicted molar refractivity (Wildman–Crippen MR) is 119 cm³/mol. The van der Waals surface area contributed by atoms with Crippen LogP contribution in [-0.2, 0) is 27.8 Å². The summed E-state index contributed by atoms with van der Waals surface area (Å²) in [6.07, 6.45) is 0.0892. The molecule has 0 aliphatic heterocycles. The van der Waals surface area contributed by atoms with Crippen molar-refractivity contribution in [1.29, 1.82) is 0 Å². The molecule has 1 atom stereocenters. The second kappa shape index (κ2) is 10.1. The fourth-order valence-electron chi connectivity index (χ4n) is 3.22. The Hall–Kier alpha value is -2.71. The number of carbonyl (C=O) groups is 1. The topological polar surface area (TPSA) is 86.7 Å². The summed E-state index contributed by atoms with van der Waals surface area (Å²) in [6, 6.07) is 21.0. The van der Waals surface area contributed by atoms with Gasteiger partial charge in [-0.1, -0.05) is 71.8 Å². The van der Waals surface area contributed by atoms with E-state index in [1.165, 1.54) is 12.1 Å². The van der Waals surface area contributed by atoms with Crippen LogP contribution >= 0.6 is 11.6 Å². The van der Waals surface area contributed by atoms with Crippen molar-refractivity contribution in [3.05, 3.63) is 101 Å². The van der Waals surface area contributed by atoms with E-state index < -0.39 is 22.0 Å². The highest BCUT2D eigenvalue weighted by atomic mass is 35.5. The van der Waals surface area contributed by atoms with Crippen LogP contribution in [0.2, 0.25) is 5.02 Å². The Labute approximate surface area is 187 Å². The molecule has 0 aromatic heterocycles. The number of amides is 1. The zero-order valence-corrected chi connectivity index (χ0v) is 18.5. The van der Waals surface area contributed by atoms with Crippen molar-refractivity contribution in [1.82, 2.24) is 9.79 Å². The van der Waals surface area contributed by atoms with E-state index >= 15 is 0 Å². The summed E-state index contributed by atoms with van der Waals surface area (Å²) in [5, 5.41) is 9.89. The van der Waals surface area contributed by atoms with Crippen molar-refractivity contribution in [3.63, 3.8) is 0 Å². The van der Waals surface area contributed by atoms with Gasteiger partial charge in [0.15, 0.2) is 0 Å². The van der Waals surface area contributed by atoms with Crippen LogP contribution in [0.4, 0.5) is 0 Å². The quantitative estimate of drug-likeness (QED) is 0.395. The monoisotopic (exact) mass is 458 g/mol. The summed E-state index contributed by atoms with van der Waals surface area (Å²) < 4.78 is 28.3. The molecule has 3 aromatic rings. The lowest BCUT2D eigenvalue weighted by atomic mass is 10.0. The molecule has 3 aromatic carbocycles. The van der Waals surface area contributed by atoms with Crippen LogP contribution in [0.3, 0.4) is 0 Å². The number of rotatable bonds is 8. The maximum absolute atomic E-state index is 13.6. The molecule has 0 saturated heterocycles. The SMILES string of the molecule is Cc1ccc(S(=O)(=O)N(Cc2ccc(Cl)cc2)[C@@H](Cc2ccccc2)C(=O)NO)cc1. The second-order valence-electron chi connectivity index (χ2n) is 7.17. The summed E-state index contributed by atoms with van der Waals surface area (Å²) in [4.78, 5) is 12.7. The molecule has 3 rings (SSSR count). The van der Waals surface area contributed by atoms with Gasteiger partial charge in [-0.15, -0.1) is 0 Å². The zero-order valence-electron chi connectivity index (χ0n) is 16.9. The van der Waals surface area contributed by atoms with E-state index in [1.807, 2.05) is 13.0 Å². The van der Waals surface area contributed by atoms with Gasteiger partial charge < -0.3 is 0 Å². The van der Waals surface area contributed by atoms with Crippen molar-refractivity contribution >= 4 is 27.5 Å². The third-order valence-corrected chi connectivity index (χ3v) is 7.03. The minimum absolute atomic E-state index is 0.0656. The maximum Gasteiger partial charge on any atom is 0.262 e. The van der Waals surface area contributed by atoms with Gasteiger partial charge in [-0.05, 0) is 48.7 Å². The molecule has 0 spiro atoms. The number of hydroxylamine groups is 1. The molecule has 6 nitrogen and oxygen atoms in total. The van der Waals surface area contributed by atoms with Gasteiger partial charge >= 0.3 is 0 Å². The molecule has 0 aliphatic carbocycles. The molecule has 0 radical (unpaired) electrons. The van der Waals surface area contributed by atoms with Gasteiger partial charge in [0.25, 0.3) is 5.91 Å². The summed E-state index contributed by atoms with van der Waals surface area (Å²) in [5.74, 6) is -0.812. The van der Waals surface area contributed by atoms with Crippen LogP contribution in [-0.4, -0.2) is 29.9 Å². The molecule has 1 amide bonds. The Bertz CT molecular complexity index is 1120. The minimum Gasteiger partial charge on any atom is -0.289 e. The molecule has 2 N–H and O–H groups in total. The molecule has 0 heterocycles. The van der Waals surface area contributed by atoms with E-state index in [4.69, 9.17) is 11.6 Å². The average molecular weight is 459 g/mol. The predicted octanol–water partition coefficient (Wildman–Crippen LogP) is 3.96. The van der Waals surface area contributed by atoms with Crippen molar-refractivity contribution in [2.24, 2.45) is 0 Å². The first-order valence-corrected chi connectivity index (χ1v) is 11.4. The number of hydrogen-bond donors (Lipinski definition) is 2. The van der Waals surface area contributed by atoms with E-state index in [2.05, 4.69) is 0 Å². The van der Waals surface area contributed by atoms with Crippen LogP contribution in [0, 0.1) is 6.92 Å². The highest BCUT2D eigenvalue weighted by Gasteiger charge is 2.36. The third kappa shape index (κ3) is 5.71. The number of aryl methyl sites for hydroxylation is 1. The molecule has 0 fully saturated rings. The molecule has 31 heavy (non-hydrogen) atoms. The fraction of sp³-hybridized carbons (Fsp3) is 0.174. The molecule has 162 valence electrons. The van der Waals surface area contributed by atoms with Gasteiger partial charge in [-0.3, -0.25) is 10.0 Å². The maximum atomic E-state index is 13.6. The largest absolute Gasteiger partial charge is 0.289 e. The van der Waals surface area contributed by atoms with E-state index in [0.29, 0.717) is 10.6 Å². The van der Waals surface area contributed by atoms with E-state index in [9.17, 15) is 18.4 Å². The highest BCUT2D eigenvalue weighted by molar-refractivity contribution is 7.89.